The van der Waals surface area contributed by atoms with Gasteiger partial charge >= 0.3 is 0 Å². The second kappa shape index (κ2) is 20.2. The Kier molecular flexibility index (Phi) is 14.2. The van der Waals surface area contributed by atoms with Crippen molar-refractivity contribution in [1.82, 2.24) is 40.5 Å². The maximum Gasteiger partial charge on any atom is 0.253 e. The summed E-state index contributed by atoms with van der Waals surface area (Å²) in [6.07, 6.45) is 0.0235. The fourth-order valence-electron chi connectivity index (χ4n) is 9.31. The van der Waals surface area contributed by atoms with Crippen molar-refractivity contribution in [3.8, 4) is 33.2 Å². The fraction of sp³-hybridized carbons (Fsp3) is 0.420. The summed E-state index contributed by atoms with van der Waals surface area (Å²) in [5, 5.41) is 34.9. The molecule has 5 aromatic rings. The first kappa shape index (κ1) is 47.1. The summed E-state index contributed by atoms with van der Waals surface area (Å²) in [6.45, 7) is 11.5. The second-order valence-corrected chi connectivity index (χ2v) is 19.8. The van der Waals surface area contributed by atoms with Gasteiger partial charge in [-0.1, -0.05) is 69.3 Å². The van der Waals surface area contributed by atoms with Gasteiger partial charge in [-0.05, 0) is 65.1 Å². The minimum absolute atomic E-state index is 0.00619. The molecule has 17 heteroatoms. The van der Waals surface area contributed by atoms with Gasteiger partial charge in [-0.2, -0.15) is 0 Å². The van der Waals surface area contributed by atoms with E-state index in [-0.39, 0.29) is 55.2 Å². The van der Waals surface area contributed by atoms with Crippen LogP contribution in [0.2, 0.25) is 0 Å². The highest BCUT2D eigenvalue weighted by Gasteiger charge is 2.45. The molecular formula is C50H59N9O7S. The summed E-state index contributed by atoms with van der Waals surface area (Å²) >= 11 is 1.58. The van der Waals surface area contributed by atoms with Gasteiger partial charge in [0.15, 0.2) is 11.6 Å². The van der Waals surface area contributed by atoms with Crippen molar-refractivity contribution in [2.24, 2.45) is 17.3 Å². The molecule has 4 amide bonds. The Morgan fingerprint density at radius 1 is 0.925 bits per heavy atom. The number of amides is 4. The van der Waals surface area contributed by atoms with E-state index >= 15 is 0 Å². The lowest BCUT2D eigenvalue weighted by molar-refractivity contribution is -0.144. The molecule has 0 bridgehead atoms. The molecule has 3 fully saturated rings. The van der Waals surface area contributed by atoms with E-state index in [0.29, 0.717) is 67.1 Å². The number of phenolic OH excluding ortho intramolecular Hbond substituents is 1. The van der Waals surface area contributed by atoms with Crippen LogP contribution in [0.1, 0.15) is 60.8 Å². The van der Waals surface area contributed by atoms with E-state index < -0.39 is 29.5 Å². The Labute approximate surface area is 394 Å². The molecule has 0 spiro atoms. The number of nitrogens with one attached hydrogen (secondary N) is 2. The Balaban J connectivity index is 0.773. The average Bonchev–Trinajstić information content (AvgIpc) is 4.11. The third kappa shape index (κ3) is 11.1. The Morgan fingerprint density at radius 2 is 1.63 bits per heavy atom. The van der Waals surface area contributed by atoms with Crippen molar-refractivity contribution in [3.63, 3.8) is 0 Å². The number of rotatable bonds is 15. The minimum Gasteiger partial charge on any atom is -0.507 e. The van der Waals surface area contributed by atoms with Crippen molar-refractivity contribution in [3.05, 3.63) is 107 Å². The number of aromatic nitrogens is 3. The number of nitrogens with two attached hydrogens (primary N) is 1. The number of β-amino-alcohol motifs (C(OH)–C–C–N with tert-alkyl or cyclic N) is 1. The van der Waals surface area contributed by atoms with Gasteiger partial charge in [0.2, 0.25) is 17.7 Å². The van der Waals surface area contributed by atoms with Crippen molar-refractivity contribution >= 4 is 40.8 Å². The second-order valence-electron chi connectivity index (χ2n) is 19.0. The summed E-state index contributed by atoms with van der Waals surface area (Å²) in [5.41, 5.74) is 12.7. The van der Waals surface area contributed by atoms with E-state index in [1.54, 1.807) is 41.7 Å². The monoisotopic (exact) mass is 929 g/mol. The van der Waals surface area contributed by atoms with E-state index in [9.17, 15) is 29.4 Å². The van der Waals surface area contributed by atoms with Crippen LogP contribution < -0.4 is 21.1 Å². The van der Waals surface area contributed by atoms with Crippen LogP contribution in [0.3, 0.4) is 0 Å². The molecule has 0 radical (unpaired) electrons. The van der Waals surface area contributed by atoms with Crippen LogP contribution in [-0.2, 0) is 27.3 Å². The van der Waals surface area contributed by atoms with Gasteiger partial charge < -0.3 is 46.0 Å². The van der Waals surface area contributed by atoms with Gasteiger partial charge in [-0.3, -0.25) is 19.2 Å². The van der Waals surface area contributed by atoms with Crippen molar-refractivity contribution < 1.29 is 34.1 Å². The molecule has 3 aliphatic rings. The molecule has 67 heavy (non-hydrogen) atoms. The Hall–Kier alpha value is -6.43. The molecule has 352 valence electrons. The largest absolute Gasteiger partial charge is 0.507 e. The van der Waals surface area contributed by atoms with E-state index in [2.05, 4.69) is 30.7 Å². The molecule has 3 aliphatic heterocycles. The first-order valence-electron chi connectivity index (χ1n) is 22.8. The zero-order valence-electron chi connectivity index (χ0n) is 38.4. The van der Waals surface area contributed by atoms with Crippen LogP contribution in [0.4, 0.5) is 5.82 Å². The van der Waals surface area contributed by atoms with E-state index in [4.69, 9.17) is 10.5 Å². The zero-order chi connectivity index (χ0) is 47.4. The number of fused-ring (bicyclic) bond motifs is 1. The summed E-state index contributed by atoms with van der Waals surface area (Å²) in [4.78, 5) is 65.7. The van der Waals surface area contributed by atoms with E-state index in [0.717, 1.165) is 40.4 Å². The number of aromatic hydroxyl groups is 1. The SMILES string of the molecule is Cc1ncsc1-c1ccc(CNC(=O)[C@@H]2C[C@@H](O)CN2C(=O)[C@@H](NC(=O)CCN2C[C@@H]3CN(C(=O)c4ccc(CCOc5cc(-c6ccccc6O)nnc5N)cc4)C[C@@H]3C2)C(C)(C)C)cc1. The van der Waals surface area contributed by atoms with Crippen LogP contribution in [0.5, 0.6) is 11.5 Å². The van der Waals surface area contributed by atoms with Crippen LogP contribution in [-0.4, -0.2) is 128 Å². The molecular weight excluding hydrogens is 871 g/mol. The molecule has 16 nitrogen and oxygen atoms in total. The van der Waals surface area contributed by atoms with Gasteiger partial charge in [-0.25, -0.2) is 4.98 Å². The fourth-order valence-corrected chi connectivity index (χ4v) is 10.1. The van der Waals surface area contributed by atoms with Gasteiger partial charge in [0.05, 0.1) is 28.8 Å². The lowest BCUT2D eigenvalue weighted by Gasteiger charge is -2.35. The average molecular weight is 930 g/mol. The maximum atomic E-state index is 14.1. The number of carbonyl (C=O) groups is 4. The van der Waals surface area contributed by atoms with Gasteiger partial charge in [-0.15, -0.1) is 21.5 Å². The first-order valence-corrected chi connectivity index (χ1v) is 23.7. The third-order valence-electron chi connectivity index (χ3n) is 13.0. The van der Waals surface area contributed by atoms with Crippen LogP contribution >= 0.6 is 11.3 Å². The van der Waals surface area contributed by atoms with Crippen molar-refractivity contribution in [1.29, 1.82) is 0 Å². The molecule has 0 aliphatic carbocycles. The van der Waals surface area contributed by atoms with E-state index in [1.165, 1.54) is 4.90 Å². The highest BCUT2D eigenvalue weighted by atomic mass is 32.1. The number of hydrogen-bond acceptors (Lipinski definition) is 13. The number of nitrogens with zero attached hydrogens (tertiary/aromatic N) is 6. The number of aryl methyl sites for hydroxylation is 1. The predicted molar refractivity (Wildman–Crippen MR) is 255 cm³/mol. The standard InChI is InChI=1S/C50H59N9O7S/c1-30-44(67-29-53-30)33-13-11-32(12-14-33)23-52-47(63)40-21-37(60)28-59(40)49(65)45(50(2,3)4)54-43(62)17-19-57-24-35-26-58(27-36(35)25-57)48(64)34-15-9-31(10-16-34)18-20-66-42-22-39(55-56-46(42)51)38-7-5-6-8-41(38)61/h5-16,22,29,35-37,40,45,60-61H,17-21,23-28H2,1-4H3,(H2,51,56)(H,52,63)(H,54,62)/t35-,36+,37-,40+,45-/m1/s1. The smallest absolute Gasteiger partial charge is 0.253 e. The summed E-state index contributed by atoms with van der Waals surface area (Å²) in [5.74, 6) is 0.191. The number of ether oxygens (including phenoxy) is 1. The van der Waals surface area contributed by atoms with Gasteiger partial charge in [0.1, 0.15) is 23.5 Å². The number of anilines is 1. The highest BCUT2D eigenvalue weighted by molar-refractivity contribution is 7.13. The van der Waals surface area contributed by atoms with Gasteiger partial charge in [0, 0.05) is 82.3 Å². The van der Waals surface area contributed by atoms with Crippen LogP contribution in [0.15, 0.2) is 84.4 Å². The number of aliphatic hydroxyl groups is 1. The quantitative estimate of drug-likeness (QED) is 0.0968. The third-order valence-corrected chi connectivity index (χ3v) is 14.0. The lowest BCUT2D eigenvalue weighted by atomic mass is 9.85. The molecule has 3 saturated heterocycles. The number of nitrogen functional groups attached to an aromatic ring is 1. The summed E-state index contributed by atoms with van der Waals surface area (Å²) in [7, 11) is 0. The summed E-state index contributed by atoms with van der Waals surface area (Å²) in [6, 6.07) is 22.2. The van der Waals surface area contributed by atoms with Crippen LogP contribution in [0, 0.1) is 24.2 Å². The Morgan fingerprint density at radius 3 is 2.30 bits per heavy atom. The molecule has 3 aromatic carbocycles. The summed E-state index contributed by atoms with van der Waals surface area (Å²) < 4.78 is 5.94. The number of para-hydroxylation sites is 1. The molecule has 0 unspecified atom stereocenters. The van der Waals surface area contributed by atoms with Crippen molar-refractivity contribution in [2.75, 3.05) is 51.6 Å². The highest BCUT2D eigenvalue weighted by Crippen LogP contribution is 2.34. The van der Waals surface area contributed by atoms with Crippen LogP contribution in [0.25, 0.3) is 21.7 Å². The minimum atomic E-state index is -0.905. The number of carbonyl (C=O) groups excluding carboxylic acids is 4. The zero-order valence-corrected chi connectivity index (χ0v) is 39.2. The van der Waals surface area contributed by atoms with Gasteiger partial charge in [0.25, 0.3) is 5.91 Å². The van der Waals surface area contributed by atoms with Crippen molar-refractivity contribution in [2.45, 2.75) is 71.7 Å². The Bertz CT molecular complexity index is 2570. The predicted octanol–water partition coefficient (Wildman–Crippen LogP) is 4.69. The molecule has 6 N–H and O–H groups in total. The molecule has 5 atom stereocenters. The molecule has 8 rings (SSSR count). The number of likely N-dealkylation sites (tertiary alicyclic amines) is 3. The number of benzene rings is 3. The number of aliphatic hydroxyl groups excluding tert-OH is 1. The first-order chi connectivity index (χ1) is 32.1. The maximum absolute atomic E-state index is 14.1. The molecule has 2 aromatic heterocycles. The number of thiazole rings is 1. The normalized spacial score (nSPS) is 19.8. The topological polar surface area (TPSA) is 216 Å². The lowest BCUT2D eigenvalue weighted by Crippen LogP contribution is -2.57. The number of phenols is 1. The number of hydrogen-bond donors (Lipinski definition) is 5. The molecule has 5 heterocycles. The molecule has 0 saturated carbocycles. The van der Waals surface area contributed by atoms with E-state index in [1.807, 2.05) is 86.6 Å².